The van der Waals surface area contributed by atoms with Gasteiger partial charge in [-0.1, -0.05) is 61.3 Å². The number of methoxy groups -OCH3 is 1. The molecule has 0 radical (unpaired) electrons. The van der Waals surface area contributed by atoms with Crippen molar-refractivity contribution in [1.29, 1.82) is 0 Å². The highest BCUT2D eigenvalue weighted by Gasteiger charge is 2.13. The van der Waals surface area contributed by atoms with Gasteiger partial charge in [-0.05, 0) is 26.0 Å². The van der Waals surface area contributed by atoms with Crippen molar-refractivity contribution in [2.45, 2.75) is 20.3 Å². The quantitative estimate of drug-likeness (QED) is 0.457. The Morgan fingerprint density at radius 1 is 1.17 bits per heavy atom. The average molecular weight is 327 g/mol. The zero-order valence-electron chi connectivity index (χ0n) is 14.5. The lowest BCUT2D eigenvalue weighted by Gasteiger charge is -2.07. The first-order chi connectivity index (χ1) is 11.4. The molecule has 1 aliphatic rings. The number of amides is 2. The van der Waals surface area contributed by atoms with Crippen LogP contribution in [0.25, 0.3) is 0 Å². The van der Waals surface area contributed by atoms with Gasteiger partial charge in [0.05, 0.1) is 7.11 Å². The Hall–Kier alpha value is -2.88. The number of ether oxygens (including phenoxy) is 1. The highest BCUT2D eigenvalue weighted by molar-refractivity contribution is 6.07. The normalized spacial score (nSPS) is 15.5. The van der Waals surface area contributed by atoms with Gasteiger partial charge in [0.1, 0.15) is 5.76 Å². The van der Waals surface area contributed by atoms with Crippen molar-refractivity contribution in [3.05, 3.63) is 84.7 Å². The minimum absolute atomic E-state index is 0.217. The summed E-state index contributed by atoms with van der Waals surface area (Å²) in [6.07, 6.45) is 16.9. The molecule has 0 unspecified atom stereocenters. The van der Waals surface area contributed by atoms with E-state index in [1.54, 1.807) is 32.3 Å². The summed E-state index contributed by atoms with van der Waals surface area (Å²) in [4.78, 5) is 21.0. The zero-order valence-corrected chi connectivity index (χ0v) is 14.5. The highest BCUT2D eigenvalue weighted by atomic mass is 16.5. The van der Waals surface area contributed by atoms with E-state index in [4.69, 9.17) is 4.74 Å². The monoisotopic (exact) mass is 327 g/mol. The SMILES string of the molecule is C=C\C=C/C=C(C)/C=C/C(=C\C=C)OC.CC1=CCC(=O)NC1=O. The molecule has 4 nitrogen and oxygen atoms in total. The molecule has 0 aromatic carbocycles. The van der Waals surface area contributed by atoms with Crippen molar-refractivity contribution in [1.82, 2.24) is 5.32 Å². The standard InChI is InChI=1S/C14H18O.C6H7NO2/c1-5-7-8-10-13(3)11-12-14(15-4)9-6-2;1-4-2-3-5(8)7-6(4)9/h5-12H,1-2H2,3-4H3;2H,3H2,1H3,(H,7,8,9)/b8-7-,12-11+,13-10+,14-9+;. The van der Waals surface area contributed by atoms with Crippen LogP contribution in [0.1, 0.15) is 20.3 Å². The summed E-state index contributed by atoms with van der Waals surface area (Å²) in [6, 6.07) is 0. The average Bonchev–Trinajstić information content (AvgIpc) is 2.56. The van der Waals surface area contributed by atoms with Gasteiger partial charge < -0.3 is 4.74 Å². The van der Waals surface area contributed by atoms with Crippen molar-refractivity contribution in [2.75, 3.05) is 7.11 Å². The number of carbonyl (C=O) groups excluding carboxylic acids is 2. The van der Waals surface area contributed by atoms with E-state index < -0.39 is 0 Å². The molecule has 0 saturated carbocycles. The lowest BCUT2D eigenvalue weighted by Crippen LogP contribution is -2.33. The van der Waals surface area contributed by atoms with Gasteiger partial charge in [0.15, 0.2) is 0 Å². The molecule has 0 aromatic rings. The van der Waals surface area contributed by atoms with Gasteiger partial charge in [0.25, 0.3) is 5.91 Å². The van der Waals surface area contributed by atoms with Crippen LogP contribution >= 0.6 is 0 Å². The number of hydrogen-bond donors (Lipinski definition) is 1. The predicted octanol–water partition coefficient (Wildman–Crippen LogP) is 3.93. The third kappa shape index (κ3) is 9.95. The molecule has 0 aliphatic carbocycles. The van der Waals surface area contributed by atoms with E-state index in [-0.39, 0.29) is 11.8 Å². The van der Waals surface area contributed by atoms with Gasteiger partial charge in [-0.25, -0.2) is 0 Å². The third-order valence-corrected chi connectivity index (χ3v) is 2.84. The second-order valence-electron chi connectivity index (χ2n) is 4.84. The molecule has 0 atom stereocenters. The van der Waals surface area contributed by atoms with Crippen LogP contribution in [0.3, 0.4) is 0 Å². The first-order valence-electron chi connectivity index (χ1n) is 7.46. The van der Waals surface area contributed by atoms with Gasteiger partial charge in [-0.2, -0.15) is 0 Å². The van der Waals surface area contributed by atoms with E-state index in [9.17, 15) is 9.59 Å². The fraction of sp³-hybridized carbons (Fsp3) is 0.200. The molecular weight excluding hydrogens is 302 g/mol. The van der Waals surface area contributed by atoms with E-state index in [1.807, 2.05) is 43.4 Å². The van der Waals surface area contributed by atoms with Gasteiger partial charge >= 0.3 is 0 Å². The van der Waals surface area contributed by atoms with Gasteiger partial charge in [0.2, 0.25) is 5.91 Å². The van der Waals surface area contributed by atoms with Crippen molar-refractivity contribution >= 4 is 11.8 Å². The second-order valence-corrected chi connectivity index (χ2v) is 4.84. The predicted molar refractivity (Wildman–Crippen MR) is 99.0 cm³/mol. The van der Waals surface area contributed by atoms with E-state index in [0.29, 0.717) is 12.0 Å². The van der Waals surface area contributed by atoms with Crippen LogP contribution in [0.2, 0.25) is 0 Å². The first-order valence-corrected chi connectivity index (χ1v) is 7.46. The maximum atomic E-state index is 10.6. The summed E-state index contributed by atoms with van der Waals surface area (Å²) in [6.45, 7) is 10.9. The van der Waals surface area contributed by atoms with Crippen LogP contribution in [0, 0.1) is 0 Å². The number of allylic oxidation sites excluding steroid dienone is 9. The largest absolute Gasteiger partial charge is 0.497 e. The van der Waals surface area contributed by atoms with E-state index in [0.717, 1.165) is 11.3 Å². The van der Waals surface area contributed by atoms with E-state index in [2.05, 4.69) is 18.5 Å². The molecule has 24 heavy (non-hydrogen) atoms. The number of hydrogen-bond acceptors (Lipinski definition) is 3. The third-order valence-electron chi connectivity index (χ3n) is 2.84. The maximum absolute atomic E-state index is 10.6. The number of nitrogens with one attached hydrogen (secondary N) is 1. The molecule has 0 saturated heterocycles. The fourth-order valence-electron chi connectivity index (χ4n) is 1.48. The number of rotatable bonds is 6. The van der Waals surface area contributed by atoms with Crippen LogP contribution in [-0.2, 0) is 14.3 Å². The molecular formula is C20H25NO3. The van der Waals surface area contributed by atoms with Gasteiger partial charge in [-0.15, -0.1) is 0 Å². The summed E-state index contributed by atoms with van der Waals surface area (Å²) in [5, 5.41) is 2.18. The Balaban J connectivity index is 0.000000496. The Labute approximate surface area is 144 Å². The molecule has 1 rings (SSSR count). The van der Waals surface area contributed by atoms with Gasteiger partial charge in [0, 0.05) is 12.0 Å². The summed E-state index contributed by atoms with van der Waals surface area (Å²) in [5.41, 5.74) is 1.76. The van der Waals surface area contributed by atoms with Crippen LogP contribution in [0.4, 0.5) is 0 Å². The lowest BCUT2D eigenvalue weighted by atomic mass is 10.1. The molecule has 1 aliphatic heterocycles. The second kappa shape index (κ2) is 12.6. The molecule has 4 heteroatoms. The Bertz CT molecular complexity index is 617. The molecule has 0 fully saturated rings. The molecule has 0 bridgehead atoms. The van der Waals surface area contributed by atoms with Crippen LogP contribution in [0.15, 0.2) is 84.7 Å². The van der Waals surface area contributed by atoms with Crippen LogP contribution in [-0.4, -0.2) is 18.9 Å². The highest BCUT2D eigenvalue weighted by Crippen LogP contribution is 2.03. The number of carbonyl (C=O) groups is 2. The summed E-state index contributed by atoms with van der Waals surface area (Å²) >= 11 is 0. The topological polar surface area (TPSA) is 55.4 Å². The minimum atomic E-state index is -0.272. The van der Waals surface area contributed by atoms with Gasteiger partial charge in [-0.3, -0.25) is 14.9 Å². The van der Waals surface area contributed by atoms with Crippen molar-refractivity contribution in [3.8, 4) is 0 Å². The van der Waals surface area contributed by atoms with Crippen LogP contribution < -0.4 is 5.32 Å². The summed E-state index contributed by atoms with van der Waals surface area (Å²) in [7, 11) is 1.64. The van der Waals surface area contributed by atoms with E-state index in [1.165, 1.54) is 0 Å². The molecule has 0 spiro atoms. The Morgan fingerprint density at radius 2 is 1.88 bits per heavy atom. The van der Waals surface area contributed by atoms with E-state index >= 15 is 0 Å². The fourth-order valence-corrected chi connectivity index (χ4v) is 1.48. The first kappa shape index (κ1) is 21.1. The Kier molecular flexibility index (Phi) is 11.1. The van der Waals surface area contributed by atoms with Crippen molar-refractivity contribution in [2.24, 2.45) is 0 Å². The molecule has 1 N–H and O–H groups in total. The minimum Gasteiger partial charge on any atom is -0.497 e. The molecule has 2 amide bonds. The molecule has 128 valence electrons. The smallest absolute Gasteiger partial charge is 0.253 e. The molecule has 0 aromatic heterocycles. The number of imide groups is 1. The van der Waals surface area contributed by atoms with Crippen molar-refractivity contribution in [3.63, 3.8) is 0 Å². The molecule has 1 heterocycles. The zero-order chi connectivity index (χ0) is 18.4. The maximum Gasteiger partial charge on any atom is 0.253 e. The summed E-state index contributed by atoms with van der Waals surface area (Å²) in [5.74, 6) is 0.294. The summed E-state index contributed by atoms with van der Waals surface area (Å²) < 4.78 is 5.11. The van der Waals surface area contributed by atoms with Crippen molar-refractivity contribution < 1.29 is 14.3 Å². The lowest BCUT2D eigenvalue weighted by molar-refractivity contribution is -0.128. The Morgan fingerprint density at radius 3 is 2.38 bits per heavy atom. The van der Waals surface area contributed by atoms with Crippen LogP contribution in [0.5, 0.6) is 0 Å².